The molecule has 0 aromatic heterocycles. The Morgan fingerprint density at radius 2 is 0.611 bits per heavy atom. The lowest BCUT2D eigenvalue weighted by molar-refractivity contribution is -0.167. The fraction of sp³-hybridized carbons (Fsp3) is 0.854. The number of unbranched alkanes of at least 4 members (excludes halogenated alkanes) is 27. The molecule has 54 heavy (non-hydrogen) atoms. The van der Waals surface area contributed by atoms with E-state index < -0.39 is 6.10 Å². The van der Waals surface area contributed by atoms with E-state index in [0.717, 1.165) is 70.6 Å². The number of carbonyl (C=O) groups is 3. The summed E-state index contributed by atoms with van der Waals surface area (Å²) in [5.41, 5.74) is 0. The Morgan fingerprint density at radius 3 is 0.926 bits per heavy atom. The highest BCUT2D eigenvalue weighted by molar-refractivity contribution is 5.71. The Labute approximate surface area is 334 Å². The van der Waals surface area contributed by atoms with E-state index in [1.165, 1.54) is 135 Å². The van der Waals surface area contributed by atoms with Gasteiger partial charge in [-0.05, 0) is 70.6 Å². The molecule has 1 atom stereocenters. The van der Waals surface area contributed by atoms with Gasteiger partial charge in [0.1, 0.15) is 13.2 Å². The molecule has 0 spiro atoms. The van der Waals surface area contributed by atoms with Crippen molar-refractivity contribution in [3.8, 4) is 0 Å². The summed E-state index contributed by atoms with van der Waals surface area (Å²) in [6.07, 6.45) is 47.5. The summed E-state index contributed by atoms with van der Waals surface area (Å²) in [4.78, 5) is 37.6. The number of carbonyl (C=O) groups excluding carboxylic acids is 3. The van der Waals surface area contributed by atoms with Gasteiger partial charge >= 0.3 is 17.9 Å². The van der Waals surface area contributed by atoms with Crippen molar-refractivity contribution in [1.82, 2.24) is 0 Å². The van der Waals surface area contributed by atoms with E-state index in [4.69, 9.17) is 14.2 Å². The van der Waals surface area contributed by atoms with Crippen LogP contribution in [0, 0.1) is 0 Å². The normalized spacial score (nSPS) is 12.1. The molecule has 6 heteroatoms. The molecule has 0 rings (SSSR count). The number of hydrogen-bond donors (Lipinski definition) is 0. The van der Waals surface area contributed by atoms with Crippen LogP contribution < -0.4 is 0 Å². The second-order valence-corrected chi connectivity index (χ2v) is 15.7. The van der Waals surface area contributed by atoms with Crippen molar-refractivity contribution >= 4 is 17.9 Å². The lowest BCUT2D eigenvalue weighted by Gasteiger charge is -2.18. The Kier molecular flexibility index (Phi) is 41.9. The number of ether oxygens (including phenoxy) is 3. The standard InChI is InChI=1S/C48H88O6/c1-4-7-10-13-16-18-20-22-24-25-27-28-30-32-35-38-41-47(50)53-44-45(43-52-46(49)40-37-34-15-12-9-6-3)54-48(51)42-39-36-33-31-29-26-23-21-19-17-14-11-8-5-2/h21,23-25,45H,4-20,22,26-44H2,1-3H3/b23-21-,25-24-. The summed E-state index contributed by atoms with van der Waals surface area (Å²) in [5.74, 6) is -0.898. The van der Waals surface area contributed by atoms with Crippen LogP contribution in [0.1, 0.15) is 245 Å². The first-order chi connectivity index (χ1) is 26.5. The number of rotatable bonds is 42. The molecular formula is C48H88O6. The summed E-state index contributed by atoms with van der Waals surface area (Å²) in [7, 11) is 0. The lowest BCUT2D eigenvalue weighted by Crippen LogP contribution is -2.30. The van der Waals surface area contributed by atoms with Crippen LogP contribution >= 0.6 is 0 Å². The average Bonchev–Trinajstić information content (AvgIpc) is 3.17. The van der Waals surface area contributed by atoms with E-state index in [9.17, 15) is 14.4 Å². The van der Waals surface area contributed by atoms with Crippen LogP contribution in [0.4, 0.5) is 0 Å². The zero-order chi connectivity index (χ0) is 39.4. The molecule has 6 nitrogen and oxygen atoms in total. The smallest absolute Gasteiger partial charge is 0.306 e. The van der Waals surface area contributed by atoms with Crippen molar-refractivity contribution in [1.29, 1.82) is 0 Å². The largest absolute Gasteiger partial charge is 0.462 e. The predicted octanol–water partition coefficient (Wildman–Crippen LogP) is 14.8. The highest BCUT2D eigenvalue weighted by atomic mass is 16.6. The molecule has 0 radical (unpaired) electrons. The van der Waals surface area contributed by atoms with Gasteiger partial charge in [0.05, 0.1) is 0 Å². The van der Waals surface area contributed by atoms with E-state index >= 15 is 0 Å². The molecule has 0 fully saturated rings. The molecule has 0 amide bonds. The van der Waals surface area contributed by atoms with Gasteiger partial charge < -0.3 is 14.2 Å². The number of allylic oxidation sites excluding steroid dienone is 4. The topological polar surface area (TPSA) is 78.9 Å². The van der Waals surface area contributed by atoms with Gasteiger partial charge in [0.2, 0.25) is 0 Å². The van der Waals surface area contributed by atoms with Gasteiger partial charge in [-0.25, -0.2) is 0 Å². The molecule has 0 saturated heterocycles. The zero-order valence-corrected chi connectivity index (χ0v) is 36.0. The molecule has 0 aromatic carbocycles. The number of esters is 3. The fourth-order valence-electron chi connectivity index (χ4n) is 6.61. The summed E-state index contributed by atoms with van der Waals surface area (Å²) in [5, 5.41) is 0. The fourth-order valence-corrected chi connectivity index (χ4v) is 6.61. The molecule has 0 N–H and O–H groups in total. The third-order valence-corrected chi connectivity index (χ3v) is 10.2. The first kappa shape index (κ1) is 51.9. The third kappa shape index (κ3) is 41.1. The summed E-state index contributed by atoms with van der Waals surface area (Å²) in [6.45, 7) is 6.56. The van der Waals surface area contributed by atoms with Crippen molar-refractivity contribution in [3.63, 3.8) is 0 Å². The quantitative estimate of drug-likeness (QED) is 0.0267. The van der Waals surface area contributed by atoms with E-state index in [2.05, 4.69) is 45.1 Å². The molecule has 316 valence electrons. The SMILES string of the molecule is CCCCCCC/C=C\CCCCCCCC(=O)OC(COC(=O)CCCCCCCC)COC(=O)CCCCCCC/C=C\CCCCCCCCC. The molecule has 0 saturated carbocycles. The average molecular weight is 761 g/mol. The van der Waals surface area contributed by atoms with Gasteiger partial charge in [0.15, 0.2) is 6.10 Å². The lowest BCUT2D eigenvalue weighted by atomic mass is 10.1. The predicted molar refractivity (Wildman–Crippen MR) is 229 cm³/mol. The van der Waals surface area contributed by atoms with Crippen molar-refractivity contribution in [2.75, 3.05) is 13.2 Å². The maximum absolute atomic E-state index is 12.7. The monoisotopic (exact) mass is 761 g/mol. The molecule has 0 bridgehead atoms. The molecule has 0 aromatic rings. The maximum Gasteiger partial charge on any atom is 0.306 e. The van der Waals surface area contributed by atoms with Crippen LogP contribution in [-0.4, -0.2) is 37.2 Å². The second-order valence-electron chi connectivity index (χ2n) is 15.7. The van der Waals surface area contributed by atoms with E-state index in [-0.39, 0.29) is 31.1 Å². The molecule has 0 aliphatic rings. The van der Waals surface area contributed by atoms with Crippen LogP contribution in [0.3, 0.4) is 0 Å². The molecule has 0 aliphatic heterocycles. The molecule has 1 unspecified atom stereocenters. The van der Waals surface area contributed by atoms with Crippen molar-refractivity contribution in [2.24, 2.45) is 0 Å². The minimum atomic E-state index is -0.771. The van der Waals surface area contributed by atoms with Gasteiger partial charge in [0.25, 0.3) is 0 Å². The van der Waals surface area contributed by atoms with Crippen LogP contribution in [0.15, 0.2) is 24.3 Å². The van der Waals surface area contributed by atoms with Gasteiger partial charge in [-0.1, -0.05) is 180 Å². The highest BCUT2D eigenvalue weighted by Gasteiger charge is 2.19. The van der Waals surface area contributed by atoms with Crippen LogP contribution in [0.2, 0.25) is 0 Å². The zero-order valence-electron chi connectivity index (χ0n) is 36.0. The van der Waals surface area contributed by atoms with Gasteiger partial charge in [-0.15, -0.1) is 0 Å². The summed E-state index contributed by atoms with van der Waals surface area (Å²) >= 11 is 0. The van der Waals surface area contributed by atoms with Crippen molar-refractivity contribution in [3.05, 3.63) is 24.3 Å². The summed E-state index contributed by atoms with van der Waals surface area (Å²) < 4.78 is 16.6. The van der Waals surface area contributed by atoms with Gasteiger partial charge in [-0.2, -0.15) is 0 Å². The summed E-state index contributed by atoms with van der Waals surface area (Å²) in [6, 6.07) is 0. The first-order valence-corrected chi connectivity index (χ1v) is 23.3. The van der Waals surface area contributed by atoms with Gasteiger partial charge in [-0.3, -0.25) is 14.4 Å². The van der Waals surface area contributed by atoms with Crippen LogP contribution in [0.5, 0.6) is 0 Å². The number of hydrogen-bond acceptors (Lipinski definition) is 6. The van der Waals surface area contributed by atoms with E-state index in [0.29, 0.717) is 19.3 Å². The van der Waals surface area contributed by atoms with Crippen molar-refractivity contribution < 1.29 is 28.6 Å². The molecule has 0 aliphatic carbocycles. The van der Waals surface area contributed by atoms with Crippen LogP contribution in [0.25, 0.3) is 0 Å². The molecule has 0 heterocycles. The minimum absolute atomic E-state index is 0.0760. The molecular weight excluding hydrogens is 673 g/mol. The first-order valence-electron chi connectivity index (χ1n) is 23.3. The Bertz CT molecular complexity index is 880. The Hall–Kier alpha value is -2.11. The van der Waals surface area contributed by atoms with E-state index in [1.807, 2.05) is 0 Å². The van der Waals surface area contributed by atoms with Crippen molar-refractivity contribution in [2.45, 2.75) is 252 Å². The van der Waals surface area contributed by atoms with Gasteiger partial charge in [0, 0.05) is 19.3 Å². The Morgan fingerprint density at radius 1 is 0.352 bits per heavy atom. The van der Waals surface area contributed by atoms with E-state index in [1.54, 1.807) is 0 Å². The minimum Gasteiger partial charge on any atom is -0.462 e. The second kappa shape index (κ2) is 43.6. The highest BCUT2D eigenvalue weighted by Crippen LogP contribution is 2.14. The van der Waals surface area contributed by atoms with Crippen LogP contribution in [-0.2, 0) is 28.6 Å². The third-order valence-electron chi connectivity index (χ3n) is 10.2. The Balaban J connectivity index is 4.26. The maximum atomic E-state index is 12.7.